The first kappa shape index (κ1) is 16.3. The van der Waals surface area contributed by atoms with E-state index in [0.717, 1.165) is 5.56 Å². The lowest BCUT2D eigenvalue weighted by atomic mass is 9.87. The Kier molecular flexibility index (Phi) is 5.55. The molecule has 0 aliphatic heterocycles. The van der Waals surface area contributed by atoms with Gasteiger partial charge in [0.15, 0.2) is 5.78 Å². The minimum Gasteiger partial charge on any atom is -0.298 e. The summed E-state index contributed by atoms with van der Waals surface area (Å²) in [4.78, 5) is 11.8. The minimum absolute atomic E-state index is 0.115. The standard InChI is InChI=1S/C13H14BrCl3O/c1-13(2,3)12(18)9(14)6-8-10(16)4-7(15)5-11(8)17/h4-5,9H,6H2,1-3H3. The van der Waals surface area contributed by atoms with E-state index in [2.05, 4.69) is 15.9 Å². The number of carbonyl (C=O) groups excluding carboxylic acids is 1. The second-order valence-corrected chi connectivity index (χ2v) is 7.49. The van der Waals surface area contributed by atoms with Gasteiger partial charge in [0.2, 0.25) is 0 Å². The van der Waals surface area contributed by atoms with Gasteiger partial charge in [-0.25, -0.2) is 0 Å². The fourth-order valence-corrected chi connectivity index (χ4v) is 3.49. The number of ketones is 1. The Labute approximate surface area is 131 Å². The molecule has 0 saturated carbocycles. The zero-order valence-electron chi connectivity index (χ0n) is 10.4. The molecule has 0 amide bonds. The first-order valence-electron chi connectivity index (χ1n) is 5.44. The molecular formula is C13H14BrCl3O. The summed E-state index contributed by atoms with van der Waals surface area (Å²) < 4.78 is 0. The number of hydrogen-bond donors (Lipinski definition) is 0. The smallest absolute Gasteiger partial charge is 0.152 e. The van der Waals surface area contributed by atoms with Crippen LogP contribution in [0.5, 0.6) is 0 Å². The highest BCUT2D eigenvalue weighted by atomic mass is 79.9. The number of Topliss-reactive ketones (excluding diaryl/α,β-unsaturated/α-hetero) is 1. The van der Waals surface area contributed by atoms with Gasteiger partial charge in [-0.1, -0.05) is 71.5 Å². The van der Waals surface area contributed by atoms with Crippen molar-refractivity contribution in [3.63, 3.8) is 0 Å². The highest BCUT2D eigenvalue weighted by Crippen LogP contribution is 2.32. The lowest BCUT2D eigenvalue weighted by Gasteiger charge is -2.21. The fraction of sp³-hybridized carbons (Fsp3) is 0.462. The van der Waals surface area contributed by atoms with Gasteiger partial charge in [-0.05, 0) is 24.1 Å². The Morgan fingerprint density at radius 2 is 1.67 bits per heavy atom. The topological polar surface area (TPSA) is 17.1 Å². The van der Waals surface area contributed by atoms with Crippen molar-refractivity contribution in [2.45, 2.75) is 32.0 Å². The van der Waals surface area contributed by atoms with Gasteiger partial charge in [0.05, 0.1) is 4.83 Å². The second kappa shape index (κ2) is 6.13. The maximum atomic E-state index is 12.1. The maximum Gasteiger partial charge on any atom is 0.152 e. The van der Waals surface area contributed by atoms with Crippen molar-refractivity contribution >= 4 is 56.5 Å². The van der Waals surface area contributed by atoms with Crippen molar-refractivity contribution in [1.29, 1.82) is 0 Å². The van der Waals surface area contributed by atoms with E-state index < -0.39 is 5.41 Å². The Morgan fingerprint density at radius 3 is 2.06 bits per heavy atom. The molecule has 0 spiro atoms. The van der Waals surface area contributed by atoms with E-state index in [1.54, 1.807) is 12.1 Å². The average Bonchev–Trinajstić information content (AvgIpc) is 2.20. The average molecular weight is 373 g/mol. The number of carbonyl (C=O) groups is 1. The van der Waals surface area contributed by atoms with Crippen LogP contribution in [0.25, 0.3) is 0 Å². The summed E-state index contributed by atoms with van der Waals surface area (Å²) in [5.41, 5.74) is 0.335. The Balaban J connectivity index is 2.96. The van der Waals surface area contributed by atoms with Crippen LogP contribution in [0.2, 0.25) is 15.1 Å². The molecule has 0 aliphatic rings. The Hall–Kier alpha value is 0.240. The summed E-state index contributed by atoms with van der Waals surface area (Å²) in [6, 6.07) is 3.26. The highest BCUT2D eigenvalue weighted by molar-refractivity contribution is 9.10. The highest BCUT2D eigenvalue weighted by Gasteiger charge is 2.28. The van der Waals surface area contributed by atoms with Crippen molar-refractivity contribution in [1.82, 2.24) is 0 Å². The normalized spacial score (nSPS) is 13.5. The van der Waals surface area contributed by atoms with E-state index in [9.17, 15) is 4.79 Å². The van der Waals surface area contributed by atoms with Gasteiger partial charge in [0.1, 0.15) is 0 Å². The van der Waals surface area contributed by atoms with E-state index in [1.165, 1.54) is 0 Å². The molecule has 5 heteroatoms. The minimum atomic E-state index is -0.403. The molecular weight excluding hydrogens is 358 g/mol. The summed E-state index contributed by atoms with van der Waals surface area (Å²) in [5.74, 6) is 0.115. The van der Waals surface area contributed by atoms with Crippen molar-refractivity contribution < 1.29 is 4.79 Å². The number of hydrogen-bond acceptors (Lipinski definition) is 1. The zero-order chi connectivity index (χ0) is 14.1. The molecule has 1 atom stereocenters. The van der Waals surface area contributed by atoms with E-state index in [4.69, 9.17) is 34.8 Å². The molecule has 1 unspecified atom stereocenters. The van der Waals surface area contributed by atoms with Crippen molar-refractivity contribution in [2.24, 2.45) is 5.41 Å². The molecule has 0 bridgehead atoms. The summed E-state index contributed by atoms with van der Waals surface area (Å²) in [5, 5.41) is 1.46. The monoisotopic (exact) mass is 370 g/mol. The van der Waals surface area contributed by atoms with Crippen LogP contribution in [0.15, 0.2) is 12.1 Å². The van der Waals surface area contributed by atoms with Gasteiger partial charge in [0.25, 0.3) is 0 Å². The predicted octanol–water partition coefficient (Wildman–Crippen LogP) is 5.57. The van der Waals surface area contributed by atoms with Gasteiger partial charge in [-0.2, -0.15) is 0 Å². The van der Waals surface area contributed by atoms with Gasteiger partial charge in [0, 0.05) is 20.5 Å². The maximum absolute atomic E-state index is 12.1. The molecule has 0 N–H and O–H groups in total. The Morgan fingerprint density at radius 1 is 1.22 bits per heavy atom. The van der Waals surface area contributed by atoms with Crippen LogP contribution in [0, 0.1) is 5.41 Å². The molecule has 1 rings (SSSR count). The predicted molar refractivity (Wildman–Crippen MR) is 82.4 cm³/mol. The fourth-order valence-electron chi connectivity index (χ4n) is 1.51. The molecule has 0 radical (unpaired) electrons. The molecule has 1 aromatic rings. The number of benzene rings is 1. The quantitative estimate of drug-likeness (QED) is 0.634. The first-order chi connectivity index (χ1) is 8.12. The number of alkyl halides is 1. The molecule has 0 saturated heterocycles. The number of rotatable bonds is 3. The zero-order valence-corrected chi connectivity index (χ0v) is 14.2. The van der Waals surface area contributed by atoms with Gasteiger partial charge in [-0.15, -0.1) is 0 Å². The van der Waals surface area contributed by atoms with Crippen molar-refractivity contribution in [3.8, 4) is 0 Å². The van der Waals surface area contributed by atoms with Crippen LogP contribution in [0.3, 0.4) is 0 Å². The van der Waals surface area contributed by atoms with Gasteiger partial charge in [-0.3, -0.25) is 4.79 Å². The largest absolute Gasteiger partial charge is 0.298 e. The van der Waals surface area contributed by atoms with E-state index >= 15 is 0 Å². The van der Waals surface area contributed by atoms with E-state index in [1.807, 2.05) is 20.8 Å². The van der Waals surface area contributed by atoms with E-state index in [0.29, 0.717) is 21.5 Å². The molecule has 1 aromatic carbocycles. The lowest BCUT2D eigenvalue weighted by molar-refractivity contribution is -0.125. The lowest BCUT2D eigenvalue weighted by Crippen LogP contribution is -2.30. The van der Waals surface area contributed by atoms with Crippen LogP contribution in [-0.4, -0.2) is 10.6 Å². The van der Waals surface area contributed by atoms with Gasteiger partial charge >= 0.3 is 0 Å². The third-order valence-corrected chi connectivity index (χ3v) is 4.15. The third kappa shape index (κ3) is 4.12. The molecule has 0 aromatic heterocycles. The van der Waals surface area contributed by atoms with Crippen LogP contribution >= 0.6 is 50.7 Å². The molecule has 0 aliphatic carbocycles. The number of halogens is 4. The van der Waals surface area contributed by atoms with Crippen molar-refractivity contribution in [2.75, 3.05) is 0 Å². The van der Waals surface area contributed by atoms with Crippen LogP contribution < -0.4 is 0 Å². The molecule has 100 valence electrons. The molecule has 0 fully saturated rings. The SMILES string of the molecule is CC(C)(C)C(=O)C(Br)Cc1c(Cl)cc(Cl)cc1Cl. The summed E-state index contributed by atoms with van der Waals surface area (Å²) in [6.45, 7) is 5.65. The summed E-state index contributed by atoms with van der Waals surface area (Å²) in [6.07, 6.45) is 0.449. The molecule has 1 nitrogen and oxygen atoms in total. The third-order valence-electron chi connectivity index (χ3n) is 2.51. The summed E-state index contributed by atoms with van der Waals surface area (Å²) in [7, 11) is 0. The van der Waals surface area contributed by atoms with Gasteiger partial charge < -0.3 is 0 Å². The van der Waals surface area contributed by atoms with Crippen molar-refractivity contribution in [3.05, 3.63) is 32.8 Å². The molecule has 0 heterocycles. The molecule has 18 heavy (non-hydrogen) atoms. The Bertz CT molecular complexity index is 443. The van der Waals surface area contributed by atoms with E-state index in [-0.39, 0.29) is 10.6 Å². The summed E-state index contributed by atoms with van der Waals surface area (Å²) >= 11 is 21.4. The van der Waals surface area contributed by atoms with Crippen LogP contribution in [0.1, 0.15) is 26.3 Å². The second-order valence-electron chi connectivity index (χ2n) is 5.13. The van der Waals surface area contributed by atoms with Crippen LogP contribution in [0.4, 0.5) is 0 Å². The van der Waals surface area contributed by atoms with Crippen LogP contribution in [-0.2, 0) is 11.2 Å². The first-order valence-corrected chi connectivity index (χ1v) is 7.49.